The quantitative estimate of drug-likeness (QED) is 0.773. The van der Waals surface area contributed by atoms with Gasteiger partial charge < -0.3 is 14.5 Å². The number of carbonyl (C=O) groups excluding carboxylic acids is 1. The minimum Gasteiger partial charge on any atom is -0.495 e. The summed E-state index contributed by atoms with van der Waals surface area (Å²) >= 11 is 0. The van der Waals surface area contributed by atoms with Crippen molar-refractivity contribution < 1.29 is 9.53 Å². The van der Waals surface area contributed by atoms with E-state index in [1.807, 2.05) is 12.1 Å². The molecule has 28 heavy (non-hydrogen) atoms. The molecule has 3 aliphatic heterocycles. The molecule has 1 atom stereocenters. The number of rotatable bonds is 5. The van der Waals surface area contributed by atoms with Crippen LogP contribution in [0.2, 0.25) is 0 Å². The van der Waals surface area contributed by atoms with Crippen molar-refractivity contribution in [1.29, 1.82) is 0 Å². The molecule has 1 aromatic carbocycles. The Bertz CT molecular complexity index is 654. The van der Waals surface area contributed by atoms with Crippen molar-refractivity contribution in [2.45, 2.75) is 31.7 Å². The van der Waals surface area contributed by atoms with Crippen molar-refractivity contribution in [1.82, 2.24) is 14.7 Å². The minimum atomic E-state index is 0.333. The van der Waals surface area contributed by atoms with Crippen molar-refractivity contribution in [3.8, 4) is 5.75 Å². The molecule has 1 aromatic rings. The zero-order chi connectivity index (χ0) is 19.3. The fraction of sp³-hybridized carbons (Fsp3) is 0.682. The number of piperidine rings is 1. The van der Waals surface area contributed by atoms with Crippen LogP contribution in [0.1, 0.15) is 25.7 Å². The molecular weight excluding hydrogens is 352 g/mol. The Balaban J connectivity index is 1.29. The molecule has 3 aliphatic rings. The minimum absolute atomic E-state index is 0.333. The molecule has 0 aliphatic carbocycles. The van der Waals surface area contributed by atoms with Crippen LogP contribution in [0.25, 0.3) is 0 Å². The lowest BCUT2D eigenvalue weighted by Crippen LogP contribution is -2.56. The Labute approximate surface area is 169 Å². The number of benzene rings is 1. The number of amides is 1. The van der Waals surface area contributed by atoms with Crippen molar-refractivity contribution in [3.63, 3.8) is 0 Å². The third kappa shape index (κ3) is 4.44. The summed E-state index contributed by atoms with van der Waals surface area (Å²) in [4.78, 5) is 22.2. The number of hydrogen-bond donors (Lipinski definition) is 0. The number of nitrogens with zero attached hydrogens (tertiary/aromatic N) is 4. The highest BCUT2D eigenvalue weighted by Gasteiger charge is 2.31. The molecule has 6 nitrogen and oxygen atoms in total. The Hall–Kier alpha value is -1.79. The van der Waals surface area contributed by atoms with E-state index in [1.54, 1.807) is 7.11 Å². The number of carbonyl (C=O) groups is 1. The van der Waals surface area contributed by atoms with E-state index in [2.05, 4.69) is 31.7 Å². The second-order valence-electron chi connectivity index (χ2n) is 8.31. The molecule has 4 rings (SSSR count). The van der Waals surface area contributed by atoms with Crippen LogP contribution < -0.4 is 9.64 Å². The molecule has 0 N–H and O–H groups in total. The molecule has 1 unspecified atom stereocenters. The lowest BCUT2D eigenvalue weighted by Gasteiger charge is -2.44. The van der Waals surface area contributed by atoms with Crippen LogP contribution in [0, 0.1) is 0 Å². The average molecular weight is 387 g/mol. The summed E-state index contributed by atoms with van der Waals surface area (Å²) in [6.45, 7) is 8.77. The van der Waals surface area contributed by atoms with Crippen molar-refractivity contribution in [3.05, 3.63) is 24.3 Å². The van der Waals surface area contributed by atoms with E-state index in [9.17, 15) is 4.79 Å². The number of ether oxygens (including phenoxy) is 1. The molecule has 0 saturated carbocycles. The standard InChI is InChI=1S/C22H34N4O2/c1-28-21-9-3-2-8-20(21)25-15-13-24(14-16-25)19-7-6-12-26(17-19)22(27)18-23-10-4-5-11-23/h2-3,8-9,19H,4-7,10-18H2,1H3. The van der Waals surface area contributed by atoms with Gasteiger partial charge in [-0.3, -0.25) is 14.6 Å². The van der Waals surface area contributed by atoms with E-state index in [-0.39, 0.29) is 0 Å². The number of para-hydroxylation sites is 2. The molecule has 3 heterocycles. The highest BCUT2D eigenvalue weighted by atomic mass is 16.5. The first-order valence-electron chi connectivity index (χ1n) is 10.9. The lowest BCUT2D eigenvalue weighted by atomic mass is 10.0. The Kier molecular flexibility index (Phi) is 6.37. The van der Waals surface area contributed by atoms with Gasteiger partial charge in [0.25, 0.3) is 0 Å². The van der Waals surface area contributed by atoms with Crippen LogP contribution in [0.4, 0.5) is 5.69 Å². The predicted molar refractivity (Wildman–Crippen MR) is 112 cm³/mol. The maximum atomic E-state index is 12.7. The average Bonchev–Trinajstić information content (AvgIpc) is 3.27. The van der Waals surface area contributed by atoms with Gasteiger partial charge in [-0.1, -0.05) is 12.1 Å². The fourth-order valence-electron chi connectivity index (χ4n) is 4.93. The van der Waals surface area contributed by atoms with E-state index in [0.29, 0.717) is 18.5 Å². The maximum absolute atomic E-state index is 12.7. The van der Waals surface area contributed by atoms with Crippen LogP contribution in [0.3, 0.4) is 0 Å². The number of methoxy groups -OCH3 is 1. The normalized spacial score (nSPS) is 24.5. The first-order valence-corrected chi connectivity index (χ1v) is 10.9. The highest BCUT2D eigenvalue weighted by Crippen LogP contribution is 2.29. The molecule has 3 saturated heterocycles. The lowest BCUT2D eigenvalue weighted by molar-refractivity contribution is -0.134. The number of piperazine rings is 1. The van der Waals surface area contributed by atoms with Crippen LogP contribution in [-0.2, 0) is 4.79 Å². The Morgan fingerprint density at radius 1 is 1.00 bits per heavy atom. The third-order valence-corrected chi connectivity index (χ3v) is 6.56. The molecule has 0 spiro atoms. The van der Waals surface area contributed by atoms with Gasteiger partial charge in [-0.25, -0.2) is 0 Å². The third-order valence-electron chi connectivity index (χ3n) is 6.56. The van der Waals surface area contributed by atoms with Crippen molar-refractivity contribution >= 4 is 11.6 Å². The van der Waals surface area contributed by atoms with Crippen LogP contribution in [0.15, 0.2) is 24.3 Å². The SMILES string of the molecule is COc1ccccc1N1CCN(C2CCCN(C(=O)CN3CCCC3)C2)CC1. The smallest absolute Gasteiger partial charge is 0.236 e. The molecule has 154 valence electrons. The van der Waals surface area contributed by atoms with Gasteiger partial charge in [-0.15, -0.1) is 0 Å². The van der Waals surface area contributed by atoms with E-state index >= 15 is 0 Å². The van der Waals surface area contributed by atoms with E-state index < -0.39 is 0 Å². The van der Waals surface area contributed by atoms with E-state index in [0.717, 1.165) is 64.5 Å². The van der Waals surface area contributed by atoms with E-state index in [4.69, 9.17) is 4.74 Å². The van der Waals surface area contributed by atoms with Gasteiger partial charge in [0.15, 0.2) is 0 Å². The van der Waals surface area contributed by atoms with Gasteiger partial charge in [-0.05, 0) is 50.9 Å². The second kappa shape index (κ2) is 9.14. The number of hydrogen-bond acceptors (Lipinski definition) is 5. The van der Waals surface area contributed by atoms with Gasteiger partial charge in [0.05, 0.1) is 19.3 Å². The molecule has 0 radical (unpaired) electrons. The fourth-order valence-corrected chi connectivity index (χ4v) is 4.93. The van der Waals surface area contributed by atoms with Gasteiger partial charge in [-0.2, -0.15) is 0 Å². The summed E-state index contributed by atoms with van der Waals surface area (Å²) in [6, 6.07) is 8.79. The predicted octanol–water partition coefficient (Wildman–Crippen LogP) is 1.90. The molecule has 3 fully saturated rings. The number of anilines is 1. The van der Waals surface area contributed by atoms with Gasteiger partial charge in [0, 0.05) is 45.3 Å². The van der Waals surface area contributed by atoms with Gasteiger partial charge in [0.1, 0.15) is 5.75 Å². The topological polar surface area (TPSA) is 39.3 Å². The molecule has 0 bridgehead atoms. The molecular formula is C22H34N4O2. The monoisotopic (exact) mass is 386 g/mol. The first kappa shape index (κ1) is 19.5. The molecule has 1 amide bonds. The zero-order valence-corrected chi connectivity index (χ0v) is 17.2. The van der Waals surface area contributed by atoms with Crippen molar-refractivity contribution in [2.75, 3.05) is 70.9 Å². The van der Waals surface area contributed by atoms with Gasteiger partial charge in [0.2, 0.25) is 5.91 Å². The Morgan fingerprint density at radius 3 is 2.50 bits per heavy atom. The highest BCUT2D eigenvalue weighted by molar-refractivity contribution is 5.78. The van der Waals surface area contributed by atoms with Crippen LogP contribution >= 0.6 is 0 Å². The summed E-state index contributed by atoms with van der Waals surface area (Å²) in [7, 11) is 1.74. The summed E-state index contributed by atoms with van der Waals surface area (Å²) in [6.07, 6.45) is 4.82. The van der Waals surface area contributed by atoms with Gasteiger partial charge >= 0.3 is 0 Å². The molecule has 6 heteroatoms. The van der Waals surface area contributed by atoms with E-state index in [1.165, 1.54) is 24.9 Å². The van der Waals surface area contributed by atoms with Crippen molar-refractivity contribution in [2.24, 2.45) is 0 Å². The summed E-state index contributed by atoms with van der Waals surface area (Å²) in [5.74, 6) is 1.28. The second-order valence-corrected chi connectivity index (χ2v) is 8.31. The van der Waals surface area contributed by atoms with Crippen LogP contribution in [0.5, 0.6) is 5.75 Å². The largest absolute Gasteiger partial charge is 0.495 e. The zero-order valence-electron chi connectivity index (χ0n) is 17.2. The summed E-state index contributed by atoms with van der Waals surface area (Å²) < 4.78 is 5.53. The summed E-state index contributed by atoms with van der Waals surface area (Å²) in [5, 5.41) is 0. The number of likely N-dealkylation sites (tertiary alicyclic amines) is 2. The Morgan fingerprint density at radius 2 is 1.75 bits per heavy atom. The van der Waals surface area contributed by atoms with Crippen LogP contribution in [-0.4, -0.2) is 92.7 Å². The molecule has 0 aromatic heterocycles. The first-order chi connectivity index (χ1) is 13.7. The maximum Gasteiger partial charge on any atom is 0.236 e. The summed E-state index contributed by atoms with van der Waals surface area (Å²) in [5.41, 5.74) is 1.19.